The van der Waals surface area contributed by atoms with Crippen molar-refractivity contribution in [2.24, 2.45) is 4.99 Å². The van der Waals surface area contributed by atoms with Gasteiger partial charge < -0.3 is 19.7 Å². The lowest BCUT2D eigenvalue weighted by Gasteiger charge is -2.32. The summed E-state index contributed by atoms with van der Waals surface area (Å²) in [6, 6.07) is 4.19. The lowest BCUT2D eigenvalue weighted by molar-refractivity contribution is 0.346. The molecule has 1 aliphatic rings. The standard InChI is InChI=1S/C21H30N4O2S/c1-5-17-13-24-20(28-17)7-9-23-21(22-6-2)25-10-8-15-11-18(26-3)19(27-4)12-16(15)14-25/h11-13H,5-10,14H2,1-4H3,(H,22,23). The Labute approximate surface area is 171 Å². The molecule has 0 radical (unpaired) electrons. The molecule has 0 spiro atoms. The second kappa shape index (κ2) is 9.78. The van der Waals surface area contributed by atoms with Gasteiger partial charge in [0.2, 0.25) is 0 Å². The number of thiazole rings is 1. The molecule has 1 aromatic carbocycles. The van der Waals surface area contributed by atoms with Crippen LogP contribution in [0.25, 0.3) is 0 Å². The van der Waals surface area contributed by atoms with Gasteiger partial charge in [-0.15, -0.1) is 11.3 Å². The first kappa shape index (κ1) is 20.5. The van der Waals surface area contributed by atoms with Gasteiger partial charge in [0.25, 0.3) is 0 Å². The van der Waals surface area contributed by atoms with Gasteiger partial charge >= 0.3 is 0 Å². The van der Waals surface area contributed by atoms with E-state index in [9.17, 15) is 0 Å². The number of aliphatic imine (C=N–C) groups is 1. The van der Waals surface area contributed by atoms with Crippen LogP contribution in [-0.2, 0) is 25.8 Å². The van der Waals surface area contributed by atoms with Gasteiger partial charge in [-0.25, -0.2) is 4.98 Å². The normalized spacial score (nSPS) is 14.0. The number of rotatable bonds is 7. The number of fused-ring (bicyclic) bond motifs is 1. The minimum atomic E-state index is 0.744. The van der Waals surface area contributed by atoms with Crippen molar-refractivity contribution < 1.29 is 9.47 Å². The van der Waals surface area contributed by atoms with E-state index >= 15 is 0 Å². The molecular formula is C21H30N4O2S. The van der Waals surface area contributed by atoms with E-state index < -0.39 is 0 Å². The van der Waals surface area contributed by atoms with E-state index in [1.54, 1.807) is 25.6 Å². The number of nitrogens with zero attached hydrogens (tertiary/aromatic N) is 3. The molecule has 1 aliphatic heterocycles. The maximum absolute atomic E-state index is 5.48. The van der Waals surface area contributed by atoms with E-state index in [0.29, 0.717) is 0 Å². The Morgan fingerprint density at radius 2 is 1.96 bits per heavy atom. The number of aryl methyl sites for hydroxylation is 1. The van der Waals surface area contributed by atoms with Crippen LogP contribution >= 0.6 is 11.3 Å². The van der Waals surface area contributed by atoms with Crippen LogP contribution in [0.15, 0.2) is 23.3 Å². The zero-order valence-corrected chi connectivity index (χ0v) is 18.1. The third kappa shape index (κ3) is 4.76. The summed E-state index contributed by atoms with van der Waals surface area (Å²) < 4.78 is 10.9. The van der Waals surface area contributed by atoms with Gasteiger partial charge in [-0.2, -0.15) is 0 Å². The van der Waals surface area contributed by atoms with E-state index in [0.717, 1.165) is 67.9 Å². The van der Waals surface area contributed by atoms with Crippen LogP contribution < -0.4 is 14.8 Å². The maximum atomic E-state index is 5.48. The minimum absolute atomic E-state index is 0.744. The van der Waals surface area contributed by atoms with Gasteiger partial charge in [0.05, 0.1) is 19.2 Å². The molecule has 0 saturated carbocycles. The molecule has 28 heavy (non-hydrogen) atoms. The topological polar surface area (TPSA) is 59.0 Å². The first-order valence-electron chi connectivity index (χ1n) is 9.89. The predicted octanol–water partition coefficient (Wildman–Crippen LogP) is 3.29. The summed E-state index contributed by atoms with van der Waals surface area (Å²) in [5, 5.41) is 4.60. The average molecular weight is 403 g/mol. The van der Waals surface area contributed by atoms with Gasteiger partial charge in [0.15, 0.2) is 17.5 Å². The number of hydrogen-bond acceptors (Lipinski definition) is 5. The van der Waals surface area contributed by atoms with Crippen LogP contribution in [0.4, 0.5) is 0 Å². The Bertz CT molecular complexity index is 819. The second-order valence-corrected chi connectivity index (χ2v) is 7.91. The van der Waals surface area contributed by atoms with E-state index in [1.165, 1.54) is 16.0 Å². The van der Waals surface area contributed by atoms with Crippen LogP contribution in [0.5, 0.6) is 11.5 Å². The number of nitrogens with one attached hydrogen (secondary N) is 1. The van der Waals surface area contributed by atoms with Crippen molar-refractivity contribution >= 4 is 17.3 Å². The Balaban J connectivity index is 1.70. The highest BCUT2D eigenvalue weighted by atomic mass is 32.1. The number of benzene rings is 1. The van der Waals surface area contributed by atoms with Gasteiger partial charge in [-0.05, 0) is 43.0 Å². The summed E-state index contributed by atoms with van der Waals surface area (Å²) >= 11 is 1.79. The molecule has 6 nitrogen and oxygen atoms in total. The second-order valence-electron chi connectivity index (χ2n) is 6.71. The van der Waals surface area contributed by atoms with Crippen molar-refractivity contribution in [3.63, 3.8) is 0 Å². The van der Waals surface area contributed by atoms with Gasteiger partial charge in [0, 0.05) is 43.7 Å². The molecule has 1 N–H and O–H groups in total. The summed E-state index contributed by atoms with van der Waals surface area (Å²) in [6.07, 6.45) is 4.88. The lowest BCUT2D eigenvalue weighted by Crippen LogP contribution is -2.44. The summed E-state index contributed by atoms with van der Waals surface area (Å²) in [4.78, 5) is 13.0. The van der Waals surface area contributed by atoms with E-state index in [-0.39, 0.29) is 0 Å². The molecule has 2 aromatic rings. The number of hydrogen-bond donors (Lipinski definition) is 1. The molecule has 7 heteroatoms. The largest absolute Gasteiger partial charge is 0.493 e. The summed E-state index contributed by atoms with van der Waals surface area (Å²) in [7, 11) is 3.36. The van der Waals surface area contributed by atoms with Crippen LogP contribution in [0.3, 0.4) is 0 Å². The van der Waals surface area contributed by atoms with Crippen molar-refractivity contribution in [3.8, 4) is 11.5 Å². The summed E-state index contributed by atoms with van der Waals surface area (Å²) in [6.45, 7) is 7.62. The van der Waals surface area contributed by atoms with Crippen LogP contribution in [0.2, 0.25) is 0 Å². The minimum Gasteiger partial charge on any atom is -0.493 e. The van der Waals surface area contributed by atoms with Crippen LogP contribution in [-0.4, -0.2) is 49.7 Å². The lowest BCUT2D eigenvalue weighted by atomic mass is 9.99. The smallest absolute Gasteiger partial charge is 0.194 e. The molecule has 3 rings (SSSR count). The summed E-state index contributed by atoms with van der Waals surface area (Å²) in [5.41, 5.74) is 2.58. The molecule has 0 atom stereocenters. The first-order valence-corrected chi connectivity index (χ1v) is 10.7. The van der Waals surface area contributed by atoms with Crippen molar-refractivity contribution in [1.82, 2.24) is 15.2 Å². The Hall–Kier alpha value is -2.28. The molecule has 2 heterocycles. The van der Waals surface area contributed by atoms with Crippen LogP contribution in [0.1, 0.15) is 34.9 Å². The molecule has 0 amide bonds. The molecule has 152 valence electrons. The van der Waals surface area contributed by atoms with Gasteiger partial charge in [0.1, 0.15) is 0 Å². The highest BCUT2D eigenvalue weighted by Gasteiger charge is 2.21. The van der Waals surface area contributed by atoms with E-state index in [4.69, 9.17) is 14.5 Å². The van der Waals surface area contributed by atoms with Gasteiger partial charge in [-0.1, -0.05) is 6.92 Å². The third-order valence-electron chi connectivity index (χ3n) is 4.89. The number of methoxy groups -OCH3 is 2. The third-order valence-corrected chi connectivity index (χ3v) is 6.09. The molecule has 0 aliphatic carbocycles. The van der Waals surface area contributed by atoms with Crippen molar-refractivity contribution in [3.05, 3.63) is 39.3 Å². The molecule has 0 bridgehead atoms. The van der Waals surface area contributed by atoms with Crippen molar-refractivity contribution in [2.75, 3.05) is 33.9 Å². The van der Waals surface area contributed by atoms with Gasteiger partial charge in [-0.3, -0.25) is 4.99 Å². The molecule has 1 aromatic heterocycles. The monoisotopic (exact) mass is 402 g/mol. The van der Waals surface area contributed by atoms with Crippen molar-refractivity contribution in [2.45, 2.75) is 39.7 Å². The fourth-order valence-electron chi connectivity index (χ4n) is 3.37. The highest BCUT2D eigenvalue weighted by molar-refractivity contribution is 7.11. The summed E-state index contributed by atoms with van der Waals surface area (Å²) in [5.74, 6) is 2.54. The first-order chi connectivity index (χ1) is 13.7. The fourth-order valence-corrected chi connectivity index (χ4v) is 4.23. The number of aromatic nitrogens is 1. The van der Waals surface area contributed by atoms with Crippen LogP contribution in [0, 0.1) is 0 Å². The SMILES string of the molecule is CCNC(=NCCc1ncc(CC)s1)N1CCc2cc(OC)c(OC)cc2C1. The molecule has 0 saturated heterocycles. The zero-order valence-electron chi connectivity index (χ0n) is 17.2. The fraction of sp³-hybridized carbons (Fsp3) is 0.524. The molecule has 0 unspecified atom stereocenters. The van der Waals surface area contributed by atoms with E-state index in [2.05, 4.69) is 41.2 Å². The van der Waals surface area contributed by atoms with E-state index in [1.807, 2.05) is 6.20 Å². The highest BCUT2D eigenvalue weighted by Crippen LogP contribution is 2.33. The number of guanidine groups is 1. The Morgan fingerprint density at radius 1 is 1.21 bits per heavy atom. The zero-order chi connectivity index (χ0) is 19.9. The predicted molar refractivity (Wildman–Crippen MR) is 115 cm³/mol. The average Bonchev–Trinajstić information content (AvgIpc) is 3.19. The Morgan fingerprint density at radius 3 is 2.61 bits per heavy atom. The maximum Gasteiger partial charge on any atom is 0.194 e. The molecule has 0 fully saturated rings. The van der Waals surface area contributed by atoms with Crippen molar-refractivity contribution in [1.29, 1.82) is 0 Å². The Kier molecular flexibility index (Phi) is 7.14. The molecular weight excluding hydrogens is 372 g/mol. The quantitative estimate of drug-likeness (QED) is 0.569. The number of ether oxygens (including phenoxy) is 2.